The number of nitrogens with zero attached hydrogens (tertiary/aromatic N) is 2. The van der Waals surface area contributed by atoms with Gasteiger partial charge in [-0.25, -0.2) is 0 Å². The molecular weight excluding hydrogens is 409 g/mol. The fourth-order valence-corrected chi connectivity index (χ4v) is 4.15. The number of hydrogen-bond donors (Lipinski definition) is 0. The summed E-state index contributed by atoms with van der Waals surface area (Å²) in [6.07, 6.45) is 1.28. The van der Waals surface area contributed by atoms with E-state index in [1.165, 1.54) is 12.1 Å². The first-order valence-corrected chi connectivity index (χ1v) is 10.6. The fourth-order valence-electron chi connectivity index (χ4n) is 4.15. The van der Waals surface area contributed by atoms with Gasteiger partial charge in [0.1, 0.15) is 0 Å². The Kier molecular flexibility index (Phi) is 6.34. The molecule has 3 aromatic rings. The Balaban J connectivity index is 1.74. The summed E-state index contributed by atoms with van der Waals surface area (Å²) in [5.74, 6) is 6.50. The minimum absolute atomic E-state index is 0.0555. The maximum absolute atomic E-state index is 13.0. The second kappa shape index (κ2) is 9.18. The van der Waals surface area contributed by atoms with E-state index in [9.17, 15) is 13.2 Å². The van der Waals surface area contributed by atoms with Crippen LogP contribution in [-0.4, -0.2) is 16.4 Å². The summed E-state index contributed by atoms with van der Waals surface area (Å²) in [4.78, 5) is 6.69. The number of likely N-dealkylation sites (tertiary alicyclic amines) is 1. The van der Waals surface area contributed by atoms with Crippen molar-refractivity contribution < 1.29 is 13.2 Å². The van der Waals surface area contributed by atoms with E-state index < -0.39 is 11.7 Å². The molecule has 0 aliphatic carbocycles. The van der Waals surface area contributed by atoms with Crippen LogP contribution in [0.1, 0.15) is 48.5 Å². The number of benzene rings is 2. The van der Waals surface area contributed by atoms with Crippen molar-refractivity contribution in [2.45, 2.75) is 38.0 Å². The summed E-state index contributed by atoms with van der Waals surface area (Å²) in [5, 5.41) is 1.03. The van der Waals surface area contributed by atoms with Crippen LogP contribution < -0.4 is 0 Å². The molecule has 2 aromatic carbocycles. The van der Waals surface area contributed by atoms with Crippen LogP contribution in [-0.2, 0) is 6.18 Å². The second-order valence-electron chi connectivity index (χ2n) is 8.09. The number of fused-ring (bicyclic) bond motifs is 1. The molecule has 1 saturated heterocycles. The summed E-state index contributed by atoms with van der Waals surface area (Å²) >= 11 is 0. The van der Waals surface area contributed by atoms with Crippen molar-refractivity contribution in [3.05, 3.63) is 96.1 Å². The van der Waals surface area contributed by atoms with Crippen molar-refractivity contribution in [2.24, 2.45) is 0 Å². The van der Waals surface area contributed by atoms with Gasteiger partial charge in [-0.2, -0.15) is 13.2 Å². The molecule has 0 unspecified atom stereocenters. The standard InChI is InChI=1S/C27H24F3N2/c1-19(2)8-15-26(22-11-14-24-21(18-22)6-5-16-31-24)32-17-4-3-7-25(32)20-9-12-23(13-10-20)27(28,29)30/h3,5-6,9-14,16,18,25-26H,1,4,7,17H2,2H3/t25-,26+/m0/s1. The van der Waals surface area contributed by atoms with Crippen LogP contribution >= 0.6 is 0 Å². The SMILES string of the molecule is C=C(C)C#C[C@H](c1ccc2ncccc2c1)N1CC[CH]C[C@H]1c1ccc(C(F)(F)F)cc1. The molecule has 32 heavy (non-hydrogen) atoms. The van der Waals surface area contributed by atoms with Gasteiger partial charge in [0.25, 0.3) is 0 Å². The van der Waals surface area contributed by atoms with Crippen molar-refractivity contribution in [1.29, 1.82) is 0 Å². The van der Waals surface area contributed by atoms with Crippen LogP contribution in [0.2, 0.25) is 0 Å². The van der Waals surface area contributed by atoms with E-state index in [0.717, 1.165) is 47.0 Å². The fraction of sp³-hybridized carbons (Fsp3) is 0.259. The number of rotatable bonds is 3. The lowest BCUT2D eigenvalue weighted by Gasteiger charge is -2.40. The smallest absolute Gasteiger partial charge is 0.279 e. The van der Waals surface area contributed by atoms with Crippen molar-refractivity contribution in [3.8, 4) is 11.8 Å². The number of pyridine rings is 1. The number of aromatic nitrogens is 1. The van der Waals surface area contributed by atoms with Crippen molar-refractivity contribution in [2.75, 3.05) is 6.54 Å². The monoisotopic (exact) mass is 433 g/mol. The van der Waals surface area contributed by atoms with Crippen LogP contribution in [0, 0.1) is 18.3 Å². The number of alkyl halides is 3. The molecule has 2 atom stereocenters. The minimum atomic E-state index is -4.34. The van der Waals surface area contributed by atoms with E-state index in [-0.39, 0.29) is 12.1 Å². The summed E-state index contributed by atoms with van der Waals surface area (Å²) < 4.78 is 39.1. The maximum Gasteiger partial charge on any atom is 0.416 e. The van der Waals surface area contributed by atoms with Crippen LogP contribution in [0.5, 0.6) is 0 Å². The molecule has 1 radical (unpaired) electrons. The molecule has 1 aromatic heterocycles. The maximum atomic E-state index is 13.0. The molecule has 2 nitrogen and oxygen atoms in total. The first-order chi connectivity index (χ1) is 15.3. The van der Waals surface area contributed by atoms with Gasteiger partial charge < -0.3 is 0 Å². The summed E-state index contributed by atoms with van der Waals surface area (Å²) in [6, 6.07) is 15.3. The van der Waals surface area contributed by atoms with Gasteiger partial charge in [0.2, 0.25) is 0 Å². The third kappa shape index (κ3) is 4.87. The summed E-state index contributed by atoms with van der Waals surface area (Å²) in [5.41, 5.74) is 2.95. The molecule has 163 valence electrons. The highest BCUT2D eigenvalue weighted by molar-refractivity contribution is 5.79. The normalized spacial score (nSPS) is 18.1. The first kappa shape index (κ1) is 22.1. The first-order valence-electron chi connectivity index (χ1n) is 10.6. The van der Waals surface area contributed by atoms with Gasteiger partial charge in [-0.05, 0) is 73.2 Å². The topological polar surface area (TPSA) is 16.1 Å². The molecule has 0 bridgehead atoms. The molecule has 0 spiro atoms. The van der Waals surface area contributed by atoms with Crippen molar-refractivity contribution in [3.63, 3.8) is 0 Å². The average molecular weight is 433 g/mol. The molecule has 0 amide bonds. The lowest BCUT2D eigenvalue weighted by molar-refractivity contribution is -0.137. The third-order valence-corrected chi connectivity index (χ3v) is 5.70. The molecular formula is C27H24F3N2. The van der Waals surface area contributed by atoms with Crippen molar-refractivity contribution in [1.82, 2.24) is 9.88 Å². The predicted octanol–water partition coefficient (Wildman–Crippen LogP) is 6.92. The van der Waals surface area contributed by atoms with E-state index in [1.807, 2.05) is 31.2 Å². The molecule has 1 aliphatic heterocycles. The van der Waals surface area contributed by atoms with Crippen LogP contribution in [0.3, 0.4) is 0 Å². The van der Waals surface area contributed by atoms with E-state index in [1.54, 1.807) is 18.3 Å². The molecule has 4 rings (SSSR count). The Morgan fingerprint density at radius 2 is 1.94 bits per heavy atom. The Hall–Kier alpha value is -3.10. The van der Waals surface area contributed by atoms with E-state index in [2.05, 4.69) is 40.8 Å². The van der Waals surface area contributed by atoms with Gasteiger partial charge in [0.05, 0.1) is 17.1 Å². The Morgan fingerprint density at radius 1 is 1.16 bits per heavy atom. The highest BCUT2D eigenvalue weighted by Crippen LogP contribution is 2.39. The third-order valence-electron chi connectivity index (χ3n) is 5.70. The largest absolute Gasteiger partial charge is 0.416 e. The Labute approximate surface area is 186 Å². The van der Waals surface area contributed by atoms with E-state index in [4.69, 9.17) is 0 Å². The molecule has 0 saturated carbocycles. The number of allylic oxidation sites excluding steroid dienone is 1. The van der Waals surface area contributed by atoms with Gasteiger partial charge in [-0.3, -0.25) is 9.88 Å². The van der Waals surface area contributed by atoms with Gasteiger partial charge in [0.15, 0.2) is 0 Å². The molecule has 0 N–H and O–H groups in total. The zero-order valence-electron chi connectivity index (χ0n) is 17.9. The molecule has 1 aliphatic rings. The highest BCUT2D eigenvalue weighted by Gasteiger charge is 2.33. The number of hydrogen-bond acceptors (Lipinski definition) is 2. The van der Waals surface area contributed by atoms with Crippen LogP contribution in [0.15, 0.2) is 72.9 Å². The van der Waals surface area contributed by atoms with Gasteiger partial charge in [-0.1, -0.05) is 42.7 Å². The Bertz CT molecular complexity index is 1170. The van der Waals surface area contributed by atoms with Gasteiger partial charge >= 0.3 is 6.18 Å². The van der Waals surface area contributed by atoms with E-state index in [0.29, 0.717) is 0 Å². The van der Waals surface area contributed by atoms with Crippen LogP contribution in [0.4, 0.5) is 13.2 Å². The average Bonchev–Trinajstić information content (AvgIpc) is 2.79. The zero-order chi connectivity index (χ0) is 22.7. The Morgan fingerprint density at radius 3 is 2.66 bits per heavy atom. The lowest BCUT2D eigenvalue weighted by Crippen LogP contribution is -2.36. The van der Waals surface area contributed by atoms with Crippen LogP contribution in [0.25, 0.3) is 10.9 Å². The van der Waals surface area contributed by atoms with Gasteiger partial charge in [-0.15, -0.1) is 0 Å². The number of halogens is 3. The molecule has 2 heterocycles. The zero-order valence-corrected chi connectivity index (χ0v) is 17.9. The van der Waals surface area contributed by atoms with Gasteiger partial charge in [0, 0.05) is 24.2 Å². The quantitative estimate of drug-likeness (QED) is 0.417. The summed E-state index contributed by atoms with van der Waals surface area (Å²) in [6.45, 7) is 6.55. The number of piperidine rings is 1. The van der Waals surface area contributed by atoms with E-state index >= 15 is 0 Å². The highest BCUT2D eigenvalue weighted by atomic mass is 19.4. The minimum Gasteiger partial charge on any atom is -0.279 e. The lowest BCUT2D eigenvalue weighted by atomic mass is 9.91. The summed E-state index contributed by atoms with van der Waals surface area (Å²) in [7, 11) is 0. The predicted molar refractivity (Wildman–Crippen MR) is 121 cm³/mol. The molecule has 5 heteroatoms. The molecule has 1 fully saturated rings. The van der Waals surface area contributed by atoms with Crippen molar-refractivity contribution >= 4 is 10.9 Å². The second-order valence-corrected chi connectivity index (χ2v) is 8.09.